The standard InChI is InChI=1S/C13H24N2O5S/c1-5-19-21(17,18)10-6-14-7-13(10)8-15(9-13)11(16)20-12(2,3)4/h10,14H,5-9H2,1-4H3. The Morgan fingerprint density at radius 1 is 1.38 bits per heavy atom. The molecule has 2 aliphatic heterocycles. The molecular weight excluding hydrogens is 296 g/mol. The third-order valence-corrected chi connectivity index (χ3v) is 5.71. The summed E-state index contributed by atoms with van der Waals surface area (Å²) in [4.78, 5) is 13.5. The molecule has 8 heteroatoms. The predicted molar refractivity (Wildman–Crippen MR) is 77.4 cm³/mol. The van der Waals surface area contributed by atoms with Crippen molar-refractivity contribution in [2.45, 2.75) is 38.5 Å². The highest BCUT2D eigenvalue weighted by atomic mass is 32.2. The molecule has 0 aromatic rings. The van der Waals surface area contributed by atoms with Gasteiger partial charge in [0.05, 0.1) is 6.61 Å². The molecule has 1 amide bonds. The average Bonchev–Trinajstić information content (AvgIpc) is 2.69. The van der Waals surface area contributed by atoms with Gasteiger partial charge in [0.2, 0.25) is 0 Å². The van der Waals surface area contributed by atoms with Crippen LogP contribution >= 0.6 is 0 Å². The molecule has 2 aliphatic rings. The first kappa shape index (κ1) is 16.5. The number of nitrogens with zero attached hydrogens (tertiary/aromatic N) is 1. The summed E-state index contributed by atoms with van der Waals surface area (Å²) in [5.74, 6) is 0. The molecule has 2 fully saturated rings. The fourth-order valence-corrected chi connectivity index (χ4v) is 4.58. The largest absolute Gasteiger partial charge is 0.444 e. The minimum atomic E-state index is -3.60. The molecule has 1 N–H and O–H groups in total. The maximum atomic E-state index is 12.1. The lowest BCUT2D eigenvalue weighted by Gasteiger charge is -2.49. The third kappa shape index (κ3) is 3.32. The average molecular weight is 320 g/mol. The van der Waals surface area contributed by atoms with E-state index in [1.54, 1.807) is 32.6 Å². The number of hydrogen-bond donors (Lipinski definition) is 1. The highest BCUT2D eigenvalue weighted by Gasteiger charge is 2.58. The maximum absolute atomic E-state index is 12.1. The minimum absolute atomic E-state index is 0.130. The summed E-state index contributed by atoms with van der Waals surface area (Å²) in [5, 5.41) is 2.49. The Balaban J connectivity index is 2.02. The van der Waals surface area contributed by atoms with Gasteiger partial charge < -0.3 is 15.0 Å². The van der Waals surface area contributed by atoms with E-state index >= 15 is 0 Å². The van der Waals surface area contributed by atoms with Crippen molar-refractivity contribution in [1.82, 2.24) is 10.2 Å². The number of amides is 1. The molecule has 1 unspecified atom stereocenters. The molecule has 1 atom stereocenters. The van der Waals surface area contributed by atoms with E-state index in [4.69, 9.17) is 8.92 Å². The zero-order chi connectivity index (χ0) is 15.9. The lowest BCUT2D eigenvalue weighted by Crippen LogP contribution is -2.65. The van der Waals surface area contributed by atoms with E-state index in [-0.39, 0.29) is 6.61 Å². The van der Waals surface area contributed by atoms with Crippen LogP contribution in [0.15, 0.2) is 0 Å². The highest BCUT2D eigenvalue weighted by Crippen LogP contribution is 2.41. The molecule has 2 rings (SSSR count). The number of likely N-dealkylation sites (tertiary alicyclic amines) is 1. The van der Waals surface area contributed by atoms with Crippen LogP contribution in [0.1, 0.15) is 27.7 Å². The van der Waals surface area contributed by atoms with Crippen LogP contribution in [-0.4, -0.2) is 63.0 Å². The van der Waals surface area contributed by atoms with Gasteiger partial charge in [-0.15, -0.1) is 0 Å². The van der Waals surface area contributed by atoms with E-state index in [1.165, 1.54) is 0 Å². The Morgan fingerprint density at radius 3 is 2.52 bits per heavy atom. The molecule has 0 aromatic carbocycles. The first-order valence-corrected chi connectivity index (χ1v) is 8.64. The normalized spacial score (nSPS) is 25.0. The second-order valence-corrected chi connectivity index (χ2v) is 8.51. The van der Waals surface area contributed by atoms with Crippen LogP contribution in [0, 0.1) is 5.41 Å². The Hall–Kier alpha value is -0.860. The van der Waals surface area contributed by atoms with Crippen molar-refractivity contribution in [2.24, 2.45) is 5.41 Å². The molecule has 7 nitrogen and oxygen atoms in total. The Kier molecular flexibility index (Phi) is 4.25. The van der Waals surface area contributed by atoms with Crippen molar-refractivity contribution in [3.05, 3.63) is 0 Å². The quantitative estimate of drug-likeness (QED) is 0.765. The number of nitrogens with one attached hydrogen (secondary N) is 1. The number of rotatable bonds is 3. The molecule has 0 saturated carbocycles. The Labute approximate surface area is 126 Å². The second kappa shape index (κ2) is 5.40. The first-order chi connectivity index (χ1) is 9.60. The van der Waals surface area contributed by atoms with Crippen LogP contribution in [0.25, 0.3) is 0 Å². The van der Waals surface area contributed by atoms with Gasteiger partial charge >= 0.3 is 6.09 Å². The molecule has 21 heavy (non-hydrogen) atoms. The van der Waals surface area contributed by atoms with Crippen LogP contribution in [0.3, 0.4) is 0 Å². The van der Waals surface area contributed by atoms with Crippen molar-refractivity contribution in [1.29, 1.82) is 0 Å². The van der Waals surface area contributed by atoms with Crippen LogP contribution < -0.4 is 5.32 Å². The number of carbonyl (C=O) groups is 1. The van der Waals surface area contributed by atoms with Crippen LogP contribution in [-0.2, 0) is 19.0 Å². The van der Waals surface area contributed by atoms with Gasteiger partial charge in [0.1, 0.15) is 10.9 Å². The molecule has 2 heterocycles. The van der Waals surface area contributed by atoms with Gasteiger partial charge in [-0.3, -0.25) is 4.18 Å². The van der Waals surface area contributed by atoms with E-state index in [1.807, 2.05) is 0 Å². The summed E-state index contributed by atoms with van der Waals surface area (Å²) in [7, 11) is -3.60. The van der Waals surface area contributed by atoms with Crippen LogP contribution in [0.2, 0.25) is 0 Å². The summed E-state index contributed by atoms with van der Waals surface area (Å²) < 4.78 is 34.5. The van der Waals surface area contributed by atoms with Gasteiger partial charge in [0.25, 0.3) is 10.1 Å². The lowest BCUT2D eigenvalue weighted by molar-refractivity contribution is -0.0269. The highest BCUT2D eigenvalue weighted by molar-refractivity contribution is 7.87. The summed E-state index contributed by atoms with van der Waals surface area (Å²) in [6.45, 7) is 8.90. The third-order valence-electron chi connectivity index (χ3n) is 3.78. The summed E-state index contributed by atoms with van der Waals surface area (Å²) in [5.41, 5.74) is -1.00. The van der Waals surface area contributed by atoms with Gasteiger partial charge in [-0.2, -0.15) is 8.42 Å². The van der Waals surface area contributed by atoms with Gasteiger partial charge in [-0.05, 0) is 27.7 Å². The number of ether oxygens (including phenoxy) is 1. The van der Waals surface area contributed by atoms with Crippen LogP contribution in [0.5, 0.6) is 0 Å². The summed E-state index contributed by atoms with van der Waals surface area (Å²) in [6.07, 6.45) is -0.396. The predicted octanol–water partition coefficient (Wildman–Crippen LogP) is 0.562. The Bertz CT molecular complexity index is 505. The molecule has 122 valence electrons. The second-order valence-electron chi connectivity index (χ2n) is 6.72. The minimum Gasteiger partial charge on any atom is -0.444 e. The van der Waals surface area contributed by atoms with Crippen molar-refractivity contribution in [2.75, 3.05) is 32.8 Å². The fourth-order valence-electron chi connectivity index (χ4n) is 2.92. The zero-order valence-corrected chi connectivity index (χ0v) is 13.8. The molecule has 2 saturated heterocycles. The molecule has 0 bridgehead atoms. The van der Waals surface area contributed by atoms with E-state index in [0.717, 1.165) is 0 Å². The molecule has 0 aliphatic carbocycles. The summed E-state index contributed by atoms with van der Waals surface area (Å²) in [6, 6.07) is 0. The van der Waals surface area contributed by atoms with Gasteiger partial charge in [-0.25, -0.2) is 4.79 Å². The zero-order valence-electron chi connectivity index (χ0n) is 13.0. The molecule has 1 spiro atoms. The van der Waals surface area contributed by atoms with Gasteiger partial charge in [0, 0.05) is 31.6 Å². The first-order valence-electron chi connectivity index (χ1n) is 7.16. The van der Waals surface area contributed by atoms with Gasteiger partial charge in [0.15, 0.2) is 0 Å². The molecule has 0 aromatic heterocycles. The summed E-state index contributed by atoms with van der Waals surface area (Å²) >= 11 is 0. The van der Waals surface area contributed by atoms with Crippen LogP contribution in [0.4, 0.5) is 4.79 Å². The van der Waals surface area contributed by atoms with E-state index < -0.39 is 32.5 Å². The molecular formula is C13H24N2O5S. The van der Waals surface area contributed by atoms with Crippen molar-refractivity contribution in [3.63, 3.8) is 0 Å². The van der Waals surface area contributed by atoms with E-state index in [2.05, 4.69) is 5.32 Å². The number of hydrogen-bond acceptors (Lipinski definition) is 6. The Morgan fingerprint density at radius 2 is 2.00 bits per heavy atom. The van der Waals surface area contributed by atoms with E-state index in [9.17, 15) is 13.2 Å². The monoisotopic (exact) mass is 320 g/mol. The van der Waals surface area contributed by atoms with Crippen molar-refractivity contribution in [3.8, 4) is 0 Å². The lowest BCUT2D eigenvalue weighted by atomic mass is 9.79. The molecule has 0 radical (unpaired) electrons. The van der Waals surface area contributed by atoms with Gasteiger partial charge in [-0.1, -0.05) is 0 Å². The topological polar surface area (TPSA) is 84.9 Å². The van der Waals surface area contributed by atoms with Crippen molar-refractivity contribution < 1.29 is 22.1 Å². The SMILES string of the molecule is CCOS(=O)(=O)C1CNCC12CN(C(=O)OC(C)(C)C)C2. The maximum Gasteiger partial charge on any atom is 0.410 e. The smallest absolute Gasteiger partial charge is 0.410 e. The van der Waals surface area contributed by atoms with E-state index in [0.29, 0.717) is 26.2 Å². The number of carbonyl (C=O) groups excluding carboxylic acids is 1. The fraction of sp³-hybridized carbons (Fsp3) is 0.923. The van der Waals surface area contributed by atoms with Crippen molar-refractivity contribution >= 4 is 16.2 Å².